The average Bonchev–Trinajstić information content (AvgIpc) is 2.33. The van der Waals surface area contributed by atoms with Gasteiger partial charge in [-0.2, -0.15) is 0 Å². The molecule has 0 amide bonds. The van der Waals surface area contributed by atoms with Crippen molar-refractivity contribution in [2.24, 2.45) is 0 Å². The number of sulfonamides is 1. The molecule has 19 heavy (non-hydrogen) atoms. The summed E-state index contributed by atoms with van der Waals surface area (Å²) < 4.78 is 52.0. The summed E-state index contributed by atoms with van der Waals surface area (Å²) >= 11 is 0. The van der Waals surface area contributed by atoms with Crippen LogP contribution < -0.4 is 10.5 Å². The molecule has 0 aliphatic heterocycles. The van der Waals surface area contributed by atoms with E-state index < -0.39 is 38.3 Å². The van der Waals surface area contributed by atoms with Crippen LogP contribution in [0.3, 0.4) is 0 Å². The molecular formula is C11H16F2N2O3S. The van der Waals surface area contributed by atoms with Crippen molar-refractivity contribution in [2.45, 2.75) is 30.8 Å². The standard InChI is InChI=1S/C11H16F2N2O3S/c1-2-7(16)3-4-15-19(17,18)11-6-10(14)8(12)5-9(11)13/h5-7,15-16H,2-4,14H2,1H3. The smallest absolute Gasteiger partial charge is 0.243 e. The number of anilines is 1. The molecule has 0 fully saturated rings. The molecule has 1 aromatic rings. The largest absolute Gasteiger partial charge is 0.396 e. The summed E-state index contributed by atoms with van der Waals surface area (Å²) in [6.07, 6.45) is 0.0546. The maximum Gasteiger partial charge on any atom is 0.243 e. The number of aliphatic hydroxyl groups is 1. The van der Waals surface area contributed by atoms with Crippen molar-refractivity contribution >= 4 is 15.7 Å². The number of benzene rings is 1. The van der Waals surface area contributed by atoms with Crippen molar-refractivity contribution < 1.29 is 22.3 Å². The summed E-state index contributed by atoms with van der Waals surface area (Å²) in [6.45, 7) is 1.70. The van der Waals surface area contributed by atoms with Gasteiger partial charge < -0.3 is 10.8 Å². The highest BCUT2D eigenvalue weighted by molar-refractivity contribution is 7.89. The molecule has 0 aliphatic carbocycles. The fourth-order valence-corrected chi connectivity index (χ4v) is 2.53. The molecule has 1 atom stereocenters. The maximum absolute atomic E-state index is 13.4. The number of nitrogens with one attached hydrogen (secondary N) is 1. The average molecular weight is 294 g/mol. The van der Waals surface area contributed by atoms with Crippen LogP contribution >= 0.6 is 0 Å². The summed E-state index contributed by atoms with van der Waals surface area (Å²) in [5.41, 5.74) is 4.76. The van der Waals surface area contributed by atoms with Crippen LogP contribution in [0, 0.1) is 11.6 Å². The Hall–Kier alpha value is -1.25. The highest BCUT2D eigenvalue weighted by atomic mass is 32.2. The molecule has 0 saturated carbocycles. The summed E-state index contributed by atoms with van der Waals surface area (Å²) in [5.74, 6) is -2.23. The zero-order valence-corrected chi connectivity index (χ0v) is 11.2. The number of nitrogen functional groups attached to an aromatic ring is 1. The Balaban J connectivity index is 2.86. The van der Waals surface area contributed by atoms with E-state index in [-0.39, 0.29) is 13.0 Å². The fraction of sp³-hybridized carbons (Fsp3) is 0.455. The second kappa shape index (κ2) is 6.27. The first kappa shape index (κ1) is 15.8. The van der Waals surface area contributed by atoms with Crippen LogP contribution in [0.2, 0.25) is 0 Å². The normalized spacial score (nSPS) is 13.5. The van der Waals surface area contributed by atoms with E-state index in [1.165, 1.54) is 0 Å². The highest BCUT2D eigenvalue weighted by Gasteiger charge is 2.21. The molecule has 0 aromatic heterocycles. The maximum atomic E-state index is 13.4. The van der Waals surface area contributed by atoms with Crippen molar-refractivity contribution in [3.63, 3.8) is 0 Å². The second-order valence-electron chi connectivity index (χ2n) is 4.05. The lowest BCUT2D eigenvalue weighted by molar-refractivity contribution is 0.162. The van der Waals surface area contributed by atoms with Gasteiger partial charge in [0.1, 0.15) is 16.5 Å². The van der Waals surface area contributed by atoms with Crippen molar-refractivity contribution in [2.75, 3.05) is 12.3 Å². The van der Waals surface area contributed by atoms with Crippen LogP contribution in [0.25, 0.3) is 0 Å². The molecular weight excluding hydrogens is 278 g/mol. The van der Waals surface area contributed by atoms with E-state index in [2.05, 4.69) is 4.72 Å². The Kier molecular flexibility index (Phi) is 5.21. The lowest BCUT2D eigenvalue weighted by atomic mass is 10.2. The minimum Gasteiger partial charge on any atom is -0.396 e. The number of nitrogens with two attached hydrogens (primary N) is 1. The van der Waals surface area contributed by atoms with E-state index in [9.17, 15) is 22.3 Å². The third-order valence-electron chi connectivity index (χ3n) is 2.58. The SMILES string of the molecule is CCC(O)CCNS(=O)(=O)c1cc(N)c(F)cc1F. The zero-order valence-electron chi connectivity index (χ0n) is 10.4. The van der Waals surface area contributed by atoms with Gasteiger partial charge in [0.15, 0.2) is 0 Å². The summed E-state index contributed by atoms with van der Waals surface area (Å²) in [6, 6.07) is 1.15. The predicted molar refractivity (Wildman–Crippen MR) is 66.9 cm³/mol. The first-order valence-electron chi connectivity index (χ1n) is 5.70. The first-order valence-corrected chi connectivity index (χ1v) is 7.18. The number of hydrogen-bond donors (Lipinski definition) is 3. The monoisotopic (exact) mass is 294 g/mol. The van der Waals surface area contributed by atoms with Gasteiger partial charge in [0.25, 0.3) is 0 Å². The van der Waals surface area contributed by atoms with Crippen LogP contribution in [-0.2, 0) is 10.0 Å². The van der Waals surface area contributed by atoms with E-state index >= 15 is 0 Å². The molecule has 0 bridgehead atoms. The summed E-state index contributed by atoms with van der Waals surface area (Å²) in [4.78, 5) is -0.711. The molecule has 5 nitrogen and oxygen atoms in total. The van der Waals surface area contributed by atoms with Gasteiger partial charge in [-0.25, -0.2) is 21.9 Å². The molecule has 8 heteroatoms. The molecule has 0 spiro atoms. The van der Waals surface area contributed by atoms with Gasteiger partial charge in [-0.1, -0.05) is 6.92 Å². The van der Waals surface area contributed by atoms with E-state index in [0.29, 0.717) is 12.5 Å². The number of aliphatic hydroxyl groups excluding tert-OH is 1. The number of rotatable bonds is 6. The third-order valence-corrected chi connectivity index (χ3v) is 4.06. The van der Waals surface area contributed by atoms with Crippen LogP contribution in [0.4, 0.5) is 14.5 Å². The summed E-state index contributed by atoms with van der Waals surface area (Å²) in [7, 11) is -4.12. The van der Waals surface area contributed by atoms with Gasteiger partial charge in [-0.3, -0.25) is 0 Å². The molecule has 0 aliphatic rings. The van der Waals surface area contributed by atoms with Gasteiger partial charge in [-0.15, -0.1) is 0 Å². The van der Waals surface area contributed by atoms with E-state index in [1.54, 1.807) is 6.92 Å². The lowest BCUT2D eigenvalue weighted by Gasteiger charge is -2.10. The second-order valence-corrected chi connectivity index (χ2v) is 5.79. The van der Waals surface area contributed by atoms with Gasteiger partial charge >= 0.3 is 0 Å². The van der Waals surface area contributed by atoms with E-state index in [0.717, 1.165) is 6.07 Å². The fourth-order valence-electron chi connectivity index (χ4n) is 1.39. The minimum absolute atomic E-state index is 0.0476. The quantitative estimate of drug-likeness (QED) is 0.682. The Morgan fingerprint density at radius 2 is 2.00 bits per heavy atom. The van der Waals surface area contributed by atoms with Crippen LogP contribution in [0.1, 0.15) is 19.8 Å². The van der Waals surface area contributed by atoms with E-state index in [1.807, 2.05) is 0 Å². The van der Waals surface area contributed by atoms with Crippen molar-refractivity contribution in [1.29, 1.82) is 0 Å². The molecule has 108 valence electrons. The first-order chi connectivity index (χ1) is 8.77. The van der Waals surface area contributed by atoms with Gasteiger partial charge in [0.05, 0.1) is 11.8 Å². The topological polar surface area (TPSA) is 92.4 Å². The third kappa shape index (κ3) is 4.12. The zero-order chi connectivity index (χ0) is 14.6. The van der Waals surface area contributed by atoms with Crippen molar-refractivity contribution in [3.05, 3.63) is 23.8 Å². The summed E-state index contributed by atoms with van der Waals surface area (Å²) in [5, 5.41) is 9.28. The molecule has 1 aromatic carbocycles. The molecule has 4 N–H and O–H groups in total. The molecule has 1 rings (SSSR count). The highest BCUT2D eigenvalue weighted by Crippen LogP contribution is 2.20. The van der Waals surface area contributed by atoms with Gasteiger partial charge in [-0.05, 0) is 18.9 Å². The molecule has 1 unspecified atom stereocenters. The van der Waals surface area contributed by atoms with Crippen molar-refractivity contribution in [3.8, 4) is 0 Å². The molecule has 0 heterocycles. The van der Waals surface area contributed by atoms with Crippen LogP contribution in [-0.4, -0.2) is 26.2 Å². The molecule has 0 saturated heterocycles. The Morgan fingerprint density at radius 3 is 2.58 bits per heavy atom. The Labute approximate surface area is 110 Å². The van der Waals surface area contributed by atoms with Crippen LogP contribution in [0.15, 0.2) is 17.0 Å². The lowest BCUT2D eigenvalue weighted by Crippen LogP contribution is -2.28. The van der Waals surface area contributed by atoms with Gasteiger partial charge in [0.2, 0.25) is 10.0 Å². The molecule has 0 radical (unpaired) electrons. The number of halogens is 2. The van der Waals surface area contributed by atoms with Crippen molar-refractivity contribution in [1.82, 2.24) is 4.72 Å². The minimum atomic E-state index is -4.12. The van der Waals surface area contributed by atoms with Gasteiger partial charge in [0, 0.05) is 12.6 Å². The van der Waals surface area contributed by atoms with E-state index in [4.69, 9.17) is 5.73 Å². The number of hydrogen-bond acceptors (Lipinski definition) is 4. The predicted octanol–water partition coefficient (Wildman–Crippen LogP) is 0.986. The van der Waals surface area contributed by atoms with Crippen LogP contribution in [0.5, 0.6) is 0 Å². The Morgan fingerprint density at radius 1 is 1.37 bits per heavy atom. The Bertz CT molecular complexity index is 549.